The Balaban J connectivity index is 1.98. The first-order valence-corrected chi connectivity index (χ1v) is 7.04. The molecule has 19 heavy (non-hydrogen) atoms. The van der Waals surface area contributed by atoms with E-state index in [4.69, 9.17) is 5.73 Å². The summed E-state index contributed by atoms with van der Waals surface area (Å²) in [5.41, 5.74) is 9.20. The second-order valence-electron chi connectivity index (χ2n) is 5.68. The van der Waals surface area contributed by atoms with Crippen molar-refractivity contribution in [3.05, 3.63) is 53.6 Å². The molecule has 0 aliphatic heterocycles. The van der Waals surface area contributed by atoms with Crippen LogP contribution < -0.4 is 5.73 Å². The molecule has 2 atom stereocenters. The van der Waals surface area contributed by atoms with Crippen LogP contribution in [0.5, 0.6) is 0 Å². The van der Waals surface area contributed by atoms with Gasteiger partial charge in [-0.2, -0.15) is 0 Å². The lowest BCUT2D eigenvalue weighted by molar-refractivity contribution is 0.358. The normalized spacial score (nSPS) is 22.5. The van der Waals surface area contributed by atoms with E-state index in [0.717, 1.165) is 18.7 Å². The zero-order valence-electron chi connectivity index (χ0n) is 11.6. The number of imidazole rings is 1. The fraction of sp³-hybridized carbons (Fsp3) is 0.438. The molecule has 3 nitrogen and oxygen atoms in total. The summed E-state index contributed by atoms with van der Waals surface area (Å²) >= 11 is 0. The van der Waals surface area contributed by atoms with E-state index in [9.17, 15) is 0 Å². The Hall–Kier alpha value is -1.61. The maximum Gasteiger partial charge on any atom is 0.111 e. The van der Waals surface area contributed by atoms with Gasteiger partial charge < -0.3 is 10.3 Å². The first-order chi connectivity index (χ1) is 9.18. The van der Waals surface area contributed by atoms with E-state index in [2.05, 4.69) is 53.9 Å². The van der Waals surface area contributed by atoms with Crippen molar-refractivity contribution in [2.45, 2.75) is 44.7 Å². The third-order valence-electron chi connectivity index (χ3n) is 4.11. The van der Waals surface area contributed by atoms with Gasteiger partial charge in [0, 0.05) is 18.3 Å². The van der Waals surface area contributed by atoms with Crippen molar-refractivity contribution in [2.24, 2.45) is 5.73 Å². The molecule has 2 N–H and O–H groups in total. The molecule has 2 aromatic rings. The Labute approximate surface area is 114 Å². The quantitative estimate of drug-likeness (QED) is 0.895. The summed E-state index contributed by atoms with van der Waals surface area (Å²) in [5, 5.41) is 0. The van der Waals surface area contributed by atoms with E-state index < -0.39 is 0 Å². The van der Waals surface area contributed by atoms with Crippen LogP contribution in [-0.2, 0) is 6.42 Å². The molecule has 0 saturated heterocycles. The monoisotopic (exact) mass is 255 g/mol. The highest BCUT2D eigenvalue weighted by atomic mass is 15.1. The van der Waals surface area contributed by atoms with Gasteiger partial charge in [-0.05, 0) is 24.0 Å². The van der Waals surface area contributed by atoms with Crippen LogP contribution >= 0.6 is 0 Å². The first kappa shape index (κ1) is 12.4. The van der Waals surface area contributed by atoms with Crippen LogP contribution in [0.25, 0.3) is 0 Å². The summed E-state index contributed by atoms with van der Waals surface area (Å²) < 4.78 is 2.28. The Bertz CT molecular complexity index is 571. The van der Waals surface area contributed by atoms with E-state index in [0.29, 0.717) is 12.0 Å². The summed E-state index contributed by atoms with van der Waals surface area (Å²) in [5.74, 6) is 1.57. The van der Waals surface area contributed by atoms with Gasteiger partial charge in [0.05, 0.1) is 12.1 Å². The van der Waals surface area contributed by atoms with E-state index >= 15 is 0 Å². The number of nitrogens with two attached hydrogens (primary N) is 1. The Kier molecular flexibility index (Phi) is 3.15. The minimum Gasteiger partial charge on any atom is -0.330 e. The molecular weight excluding hydrogens is 234 g/mol. The third kappa shape index (κ3) is 2.08. The number of aryl methyl sites for hydroxylation is 1. The van der Waals surface area contributed by atoms with Crippen LogP contribution in [0, 0.1) is 0 Å². The maximum atomic E-state index is 6.50. The second kappa shape index (κ2) is 4.82. The lowest BCUT2D eigenvalue weighted by Crippen LogP contribution is -2.30. The number of benzene rings is 1. The maximum absolute atomic E-state index is 6.50. The zero-order chi connectivity index (χ0) is 13.4. The molecule has 1 aliphatic rings. The summed E-state index contributed by atoms with van der Waals surface area (Å²) in [6, 6.07) is 8.94. The van der Waals surface area contributed by atoms with Crippen molar-refractivity contribution in [1.29, 1.82) is 0 Å². The van der Waals surface area contributed by atoms with Gasteiger partial charge >= 0.3 is 0 Å². The number of hydrogen-bond donors (Lipinski definition) is 1. The van der Waals surface area contributed by atoms with Crippen LogP contribution in [0.3, 0.4) is 0 Å². The first-order valence-electron chi connectivity index (χ1n) is 7.04. The largest absolute Gasteiger partial charge is 0.330 e. The number of hydrogen-bond acceptors (Lipinski definition) is 2. The van der Waals surface area contributed by atoms with Gasteiger partial charge in [-0.25, -0.2) is 4.98 Å². The van der Waals surface area contributed by atoms with Crippen molar-refractivity contribution in [3.63, 3.8) is 0 Å². The highest BCUT2D eigenvalue weighted by Gasteiger charge is 2.29. The molecule has 0 amide bonds. The molecule has 3 heteroatoms. The Morgan fingerprint density at radius 3 is 2.89 bits per heavy atom. The van der Waals surface area contributed by atoms with Gasteiger partial charge in [-0.1, -0.05) is 38.1 Å². The molecular formula is C16H21N3. The lowest BCUT2D eigenvalue weighted by atomic mass is 9.84. The predicted octanol–water partition coefficient (Wildman–Crippen LogP) is 3.19. The summed E-state index contributed by atoms with van der Waals surface area (Å²) in [6.45, 7) is 4.36. The molecule has 0 fully saturated rings. The summed E-state index contributed by atoms with van der Waals surface area (Å²) in [6.07, 6.45) is 6.16. The van der Waals surface area contributed by atoms with Crippen molar-refractivity contribution in [1.82, 2.24) is 9.55 Å². The van der Waals surface area contributed by atoms with Crippen molar-refractivity contribution in [2.75, 3.05) is 0 Å². The fourth-order valence-corrected chi connectivity index (χ4v) is 3.14. The summed E-state index contributed by atoms with van der Waals surface area (Å²) in [7, 11) is 0. The topological polar surface area (TPSA) is 43.8 Å². The van der Waals surface area contributed by atoms with Gasteiger partial charge in [0.1, 0.15) is 5.82 Å². The third-order valence-corrected chi connectivity index (χ3v) is 4.11. The number of rotatable bonds is 2. The van der Waals surface area contributed by atoms with Gasteiger partial charge in [0.2, 0.25) is 0 Å². The molecule has 1 aliphatic carbocycles. The van der Waals surface area contributed by atoms with Crippen LogP contribution in [0.1, 0.15) is 55.2 Å². The molecule has 100 valence electrons. The van der Waals surface area contributed by atoms with Gasteiger partial charge in [-0.3, -0.25) is 0 Å². The summed E-state index contributed by atoms with van der Waals surface area (Å²) in [4.78, 5) is 4.49. The van der Waals surface area contributed by atoms with E-state index in [-0.39, 0.29) is 6.04 Å². The smallest absolute Gasteiger partial charge is 0.111 e. The van der Waals surface area contributed by atoms with Crippen molar-refractivity contribution < 1.29 is 0 Å². The SMILES string of the molecule is CC(C)c1nccn1C1CCc2ccccc2C1N. The standard InChI is InChI=1S/C16H21N3/c1-11(2)16-18-9-10-19(16)14-8-7-12-5-3-4-6-13(12)15(14)17/h3-6,9-11,14-15H,7-8,17H2,1-2H3. The molecule has 0 spiro atoms. The molecule has 2 unspecified atom stereocenters. The van der Waals surface area contributed by atoms with Crippen LogP contribution in [0.4, 0.5) is 0 Å². The highest BCUT2D eigenvalue weighted by molar-refractivity contribution is 5.33. The predicted molar refractivity (Wildman–Crippen MR) is 77.0 cm³/mol. The van der Waals surface area contributed by atoms with Gasteiger partial charge in [-0.15, -0.1) is 0 Å². The minimum absolute atomic E-state index is 0.0663. The lowest BCUT2D eigenvalue weighted by Gasteiger charge is -2.33. The second-order valence-corrected chi connectivity index (χ2v) is 5.68. The van der Waals surface area contributed by atoms with Crippen molar-refractivity contribution in [3.8, 4) is 0 Å². The Morgan fingerprint density at radius 2 is 2.11 bits per heavy atom. The molecule has 3 rings (SSSR count). The van der Waals surface area contributed by atoms with Crippen LogP contribution in [0.2, 0.25) is 0 Å². The highest BCUT2D eigenvalue weighted by Crippen LogP contribution is 2.37. The van der Waals surface area contributed by atoms with E-state index in [1.165, 1.54) is 11.1 Å². The molecule has 0 bridgehead atoms. The van der Waals surface area contributed by atoms with Crippen LogP contribution in [0.15, 0.2) is 36.7 Å². The number of fused-ring (bicyclic) bond motifs is 1. The Morgan fingerprint density at radius 1 is 1.32 bits per heavy atom. The molecule has 0 saturated carbocycles. The number of nitrogens with zero attached hydrogens (tertiary/aromatic N) is 2. The van der Waals surface area contributed by atoms with Gasteiger partial charge in [0.25, 0.3) is 0 Å². The average molecular weight is 255 g/mol. The zero-order valence-corrected chi connectivity index (χ0v) is 11.6. The van der Waals surface area contributed by atoms with Crippen molar-refractivity contribution >= 4 is 0 Å². The molecule has 1 aromatic heterocycles. The molecule has 1 aromatic carbocycles. The average Bonchev–Trinajstić information content (AvgIpc) is 2.89. The fourth-order valence-electron chi connectivity index (χ4n) is 3.14. The molecule has 1 heterocycles. The molecule has 0 radical (unpaired) electrons. The van der Waals surface area contributed by atoms with E-state index in [1.807, 2.05) is 6.20 Å². The van der Waals surface area contributed by atoms with Gasteiger partial charge in [0.15, 0.2) is 0 Å². The number of aromatic nitrogens is 2. The minimum atomic E-state index is 0.0663. The van der Waals surface area contributed by atoms with Crippen LogP contribution in [-0.4, -0.2) is 9.55 Å². The van der Waals surface area contributed by atoms with E-state index in [1.54, 1.807) is 0 Å².